The number of nitrogens with zero attached hydrogens (tertiary/aromatic N) is 1. The zero-order valence-electron chi connectivity index (χ0n) is 18.7. The van der Waals surface area contributed by atoms with Crippen LogP contribution < -0.4 is 11.1 Å². The molecule has 0 aliphatic heterocycles. The molecular formula is C25H29N3O3S. The second-order valence-electron chi connectivity index (χ2n) is 8.86. The Morgan fingerprint density at radius 1 is 1.28 bits per heavy atom. The number of fused-ring (bicyclic) bond motifs is 1. The topological polar surface area (TPSA) is 98.2 Å². The third-order valence-electron chi connectivity index (χ3n) is 5.99. The number of rotatable bonds is 7. The van der Waals surface area contributed by atoms with Crippen molar-refractivity contribution in [2.24, 2.45) is 11.7 Å². The molecule has 2 heterocycles. The highest BCUT2D eigenvalue weighted by atomic mass is 32.1. The van der Waals surface area contributed by atoms with E-state index >= 15 is 0 Å². The van der Waals surface area contributed by atoms with E-state index in [1.54, 1.807) is 6.20 Å². The number of carbonyl (C=O) groups is 2. The molecule has 1 aliphatic carbocycles. The fourth-order valence-electron chi connectivity index (χ4n) is 4.10. The van der Waals surface area contributed by atoms with Crippen molar-refractivity contribution in [3.05, 3.63) is 57.9 Å². The van der Waals surface area contributed by atoms with Gasteiger partial charge < -0.3 is 15.5 Å². The van der Waals surface area contributed by atoms with Gasteiger partial charge in [-0.2, -0.15) is 0 Å². The molecule has 1 unspecified atom stereocenters. The minimum atomic E-state index is -0.479. The Balaban J connectivity index is 1.39. The molecule has 3 N–H and O–H groups in total. The van der Waals surface area contributed by atoms with Crippen molar-refractivity contribution in [3.8, 4) is 11.3 Å². The molecule has 4 rings (SSSR count). The van der Waals surface area contributed by atoms with Crippen molar-refractivity contribution in [1.82, 2.24) is 4.98 Å². The predicted octanol–water partition coefficient (Wildman–Crippen LogP) is 5.32. The molecule has 2 aromatic heterocycles. The Labute approximate surface area is 192 Å². The summed E-state index contributed by atoms with van der Waals surface area (Å²) < 4.78 is 5.85. The maximum absolute atomic E-state index is 12.6. The Hall–Kier alpha value is -2.93. The third kappa shape index (κ3) is 4.78. The number of oxazole rings is 1. The van der Waals surface area contributed by atoms with Gasteiger partial charge in [-0.1, -0.05) is 45.0 Å². The number of nitrogens with two attached hydrogens (primary N) is 1. The van der Waals surface area contributed by atoms with Gasteiger partial charge in [-0.25, -0.2) is 4.98 Å². The van der Waals surface area contributed by atoms with Crippen LogP contribution >= 0.6 is 11.3 Å². The standard InChI is InChI=1S/C25H29N3O3S/c1-14(2)16-5-7-17(8-6-16)19-13-27-22(31-19)11-10-21(29)28-25-23(24(26)30)18-9-4-15(3)12-20(18)32-25/h5-8,13-15H,4,9-12H2,1-3H3,(H2,26,30)(H,28,29). The van der Waals surface area contributed by atoms with Crippen LogP contribution in [0.15, 0.2) is 34.9 Å². The lowest BCUT2D eigenvalue weighted by molar-refractivity contribution is -0.116. The first-order valence-corrected chi connectivity index (χ1v) is 11.9. The van der Waals surface area contributed by atoms with Crippen molar-refractivity contribution < 1.29 is 14.0 Å². The zero-order valence-corrected chi connectivity index (χ0v) is 19.6. The smallest absolute Gasteiger partial charge is 0.251 e. The number of benzene rings is 1. The minimum Gasteiger partial charge on any atom is -0.441 e. The van der Waals surface area contributed by atoms with Gasteiger partial charge in [-0.3, -0.25) is 9.59 Å². The Morgan fingerprint density at radius 3 is 2.72 bits per heavy atom. The van der Waals surface area contributed by atoms with Gasteiger partial charge in [0.2, 0.25) is 5.91 Å². The van der Waals surface area contributed by atoms with Crippen molar-refractivity contribution in [3.63, 3.8) is 0 Å². The maximum atomic E-state index is 12.6. The monoisotopic (exact) mass is 451 g/mol. The molecule has 3 aromatic rings. The summed E-state index contributed by atoms with van der Waals surface area (Å²) in [6.07, 6.45) is 5.07. The number of carbonyl (C=O) groups excluding carboxylic acids is 2. The van der Waals surface area contributed by atoms with Gasteiger partial charge in [0.1, 0.15) is 5.00 Å². The average molecular weight is 452 g/mol. The Morgan fingerprint density at radius 2 is 2.03 bits per heavy atom. The van der Waals surface area contributed by atoms with E-state index in [1.165, 1.54) is 16.9 Å². The van der Waals surface area contributed by atoms with E-state index in [-0.39, 0.29) is 12.3 Å². The van der Waals surface area contributed by atoms with Gasteiger partial charge in [0.05, 0.1) is 11.8 Å². The second-order valence-corrected chi connectivity index (χ2v) is 9.97. The number of aromatic nitrogens is 1. The fraction of sp³-hybridized carbons (Fsp3) is 0.400. The lowest BCUT2D eigenvalue weighted by Crippen LogP contribution is -2.19. The molecule has 2 amide bonds. The zero-order chi connectivity index (χ0) is 22.8. The fourth-order valence-corrected chi connectivity index (χ4v) is 5.53. The van der Waals surface area contributed by atoms with Gasteiger partial charge in [0, 0.05) is 23.3 Å². The summed E-state index contributed by atoms with van der Waals surface area (Å²) in [5.74, 6) is 1.59. The normalized spacial score (nSPS) is 15.6. The molecule has 32 heavy (non-hydrogen) atoms. The first-order valence-electron chi connectivity index (χ1n) is 11.1. The largest absolute Gasteiger partial charge is 0.441 e. The van der Waals surface area contributed by atoms with Crippen LogP contribution in [0.4, 0.5) is 5.00 Å². The molecule has 0 bridgehead atoms. The summed E-state index contributed by atoms with van der Waals surface area (Å²) >= 11 is 1.48. The van der Waals surface area contributed by atoms with Gasteiger partial charge >= 0.3 is 0 Å². The van der Waals surface area contributed by atoms with E-state index in [0.717, 1.165) is 35.3 Å². The number of aryl methyl sites for hydroxylation is 1. The van der Waals surface area contributed by atoms with Crippen molar-refractivity contribution in [2.75, 3.05) is 5.32 Å². The van der Waals surface area contributed by atoms with Crippen LogP contribution in [0.1, 0.15) is 71.8 Å². The van der Waals surface area contributed by atoms with Crippen LogP contribution in [-0.4, -0.2) is 16.8 Å². The third-order valence-corrected chi connectivity index (χ3v) is 7.16. The van der Waals surface area contributed by atoms with Crippen LogP contribution in [0.2, 0.25) is 0 Å². The van der Waals surface area contributed by atoms with E-state index in [9.17, 15) is 9.59 Å². The lowest BCUT2D eigenvalue weighted by Gasteiger charge is -2.18. The van der Waals surface area contributed by atoms with E-state index < -0.39 is 5.91 Å². The minimum absolute atomic E-state index is 0.180. The first kappa shape index (κ1) is 22.3. The molecule has 1 aromatic carbocycles. The van der Waals surface area contributed by atoms with Gasteiger partial charge in [0.25, 0.3) is 5.91 Å². The molecule has 0 saturated carbocycles. The highest BCUT2D eigenvalue weighted by molar-refractivity contribution is 7.17. The maximum Gasteiger partial charge on any atom is 0.251 e. The number of nitrogens with one attached hydrogen (secondary N) is 1. The van der Waals surface area contributed by atoms with E-state index in [1.807, 2.05) is 12.1 Å². The van der Waals surface area contributed by atoms with Crippen LogP contribution in [0.5, 0.6) is 0 Å². The molecule has 7 heteroatoms. The summed E-state index contributed by atoms with van der Waals surface area (Å²) in [5, 5.41) is 3.47. The van der Waals surface area contributed by atoms with Gasteiger partial charge in [-0.15, -0.1) is 11.3 Å². The number of thiophene rings is 1. The number of anilines is 1. The molecule has 168 valence electrons. The van der Waals surface area contributed by atoms with Crippen LogP contribution in [0.3, 0.4) is 0 Å². The molecular weight excluding hydrogens is 422 g/mol. The van der Waals surface area contributed by atoms with Crippen molar-refractivity contribution >= 4 is 28.2 Å². The molecule has 0 radical (unpaired) electrons. The average Bonchev–Trinajstić information content (AvgIpc) is 3.36. The second kappa shape index (κ2) is 9.28. The van der Waals surface area contributed by atoms with E-state index in [4.69, 9.17) is 10.2 Å². The molecule has 6 nitrogen and oxygen atoms in total. The van der Waals surface area contributed by atoms with Gasteiger partial charge in [0.15, 0.2) is 11.7 Å². The number of amides is 2. The summed E-state index contributed by atoms with van der Waals surface area (Å²) in [6.45, 7) is 6.52. The summed E-state index contributed by atoms with van der Waals surface area (Å²) in [5.41, 5.74) is 9.35. The van der Waals surface area contributed by atoms with Crippen LogP contribution in [0, 0.1) is 5.92 Å². The first-order chi connectivity index (χ1) is 15.3. The predicted molar refractivity (Wildman–Crippen MR) is 127 cm³/mol. The van der Waals surface area contributed by atoms with E-state index in [2.05, 4.69) is 43.2 Å². The van der Waals surface area contributed by atoms with E-state index in [0.29, 0.717) is 40.5 Å². The van der Waals surface area contributed by atoms with Crippen molar-refractivity contribution in [2.45, 2.75) is 58.8 Å². The van der Waals surface area contributed by atoms with Gasteiger partial charge in [-0.05, 0) is 42.2 Å². The number of primary amides is 1. The quantitative estimate of drug-likeness (QED) is 0.508. The molecule has 0 fully saturated rings. The van der Waals surface area contributed by atoms with Crippen molar-refractivity contribution in [1.29, 1.82) is 0 Å². The lowest BCUT2D eigenvalue weighted by atomic mass is 9.88. The number of hydrogen-bond donors (Lipinski definition) is 2. The van der Waals surface area contributed by atoms with Crippen LogP contribution in [0.25, 0.3) is 11.3 Å². The molecule has 1 atom stereocenters. The number of hydrogen-bond acceptors (Lipinski definition) is 5. The highest BCUT2D eigenvalue weighted by Gasteiger charge is 2.27. The summed E-state index contributed by atoms with van der Waals surface area (Å²) in [6, 6.07) is 8.23. The molecule has 1 aliphatic rings. The molecule has 0 spiro atoms. The SMILES string of the molecule is CC1CCc2c(sc(NC(=O)CCc3ncc(-c4ccc(C(C)C)cc4)o3)c2C(N)=O)C1. The summed E-state index contributed by atoms with van der Waals surface area (Å²) in [7, 11) is 0. The Kier molecular flexibility index (Phi) is 6.46. The highest BCUT2D eigenvalue weighted by Crippen LogP contribution is 2.39. The van der Waals surface area contributed by atoms with Crippen LogP contribution in [-0.2, 0) is 24.1 Å². The summed E-state index contributed by atoms with van der Waals surface area (Å²) in [4.78, 5) is 30.1. The molecule has 0 saturated heterocycles. The Bertz CT molecular complexity index is 1130.